The van der Waals surface area contributed by atoms with Crippen LogP contribution in [0, 0.1) is 0 Å². The number of hydrogen-bond donors (Lipinski definition) is 1. The summed E-state index contributed by atoms with van der Waals surface area (Å²) in [6.07, 6.45) is 3.32. The van der Waals surface area contributed by atoms with Crippen molar-refractivity contribution in [2.24, 2.45) is 0 Å². The number of carbonyl (C=O) groups excluding carboxylic acids is 1. The molecule has 104 valence electrons. The summed E-state index contributed by atoms with van der Waals surface area (Å²) in [4.78, 5) is 16.2. The SMILES string of the molecule is CCSC1CCCC1NC(=O)c1nc(Cl)ccc1Cl. The lowest BCUT2D eigenvalue weighted by Crippen LogP contribution is -2.39. The Balaban J connectivity index is 2.06. The molecule has 1 fully saturated rings. The first-order valence-corrected chi connectivity index (χ1v) is 8.16. The fourth-order valence-electron chi connectivity index (χ4n) is 2.32. The number of rotatable bonds is 4. The number of amides is 1. The van der Waals surface area contributed by atoms with E-state index in [0.717, 1.165) is 25.0 Å². The Hall–Kier alpha value is -0.450. The van der Waals surface area contributed by atoms with Gasteiger partial charge in [0, 0.05) is 11.3 Å². The first-order valence-electron chi connectivity index (χ1n) is 6.36. The Morgan fingerprint density at radius 2 is 2.26 bits per heavy atom. The number of nitrogens with one attached hydrogen (secondary N) is 1. The molecule has 0 aliphatic heterocycles. The minimum absolute atomic E-state index is 0.203. The van der Waals surface area contributed by atoms with Gasteiger partial charge in [-0.1, -0.05) is 36.5 Å². The lowest BCUT2D eigenvalue weighted by atomic mass is 10.2. The summed E-state index contributed by atoms with van der Waals surface area (Å²) in [6, 6.07) is 3.37. The zero-order chi connectivity index (χ0) is 13.8. The monoisotopic (exact) mass is 318 g/mol. The zero-order valence-corrected chi connectivity index (χ0v) is 13.0. The summed E-state index contributed by atoms with van der Waals surface area (Å²) >= 11 is 13.7. The highest BCUT2D eigenvalue weighted by Gasteiger charge is 2.29. The Morgan fingerprint density at radius 1 is 1.47 bits per heavy atom. The van der Waals surface area contributed by atoms with Crippen molar-refractivity contribution in [3.63, 3.8) is 0 Å². The summed E-state index contributed by atoms with van der Waals surface area (Å²) in [5.41, 5.74) is 0.210. The van der Waals surface area contributed by atoms with Crippen molar-refractivity contribution in [3.8, 4) is 0 Å². The van der Waals surface area contributed by atoms with Gasteiger partial charge >= 0.3 is 0 Å². The predicted molar refractivity (Wildman–Crippen MR) is 81.3 cm³/mol. The van der Waals surface area contributed by atoms with Gasteiger partial charge in [-0.05, 0) is 30.7 Å². The third-order valence-electron chi connectivity index (χ3n) is 3.18. The summed E-state index contributed by atoms with van der Waals surface area (Å²) < 4.78 is 0. The van der Waals surface area contributed by atoms with Crippen LogP contribution in [0.5, 0.6) is 0 Å². The summed E-state index contributed by atoms with van der Waals surface area (Å²) in [6.45, 7) is 2.14. The molecule has 0 radical (unpaired) electrons. The van der Waals surface area contributed by atoms with Crippen molar-refractivity contribution < 1.29 is 4.79 Å². The van der Waals surface area contributed by atoms with Crippen molar-refractivity contribution in [1.29, 1.82) is 0 Å². The summed E-state index contributed by atoms with van der Waals surface area (Å²) in [5.74, 6) is 0.828. The molecule has 1 heterocycles. The molecule has 0 spiro atoms. The Bertz CT molecular complexity index is 470. The van der Waals surface area contributed by atoms with Gasteiger partial charge < -0.3 is 5.32 Å². The third kappa shape index (κ3) is 3.77. The molecule has 1 saturated carbocycles. The van der Waals surface area contributed by atoms with Gasteiger partial charge in [-0.2, -0.15) is 11.8 Å². The van der Waals surface area contributed by atoms with Crippen LogP contribution in [0.4, 0.5) is 0 Å². The van der Waals surface area contributed by atoms with Crippen molar-refractivity contribution in [1.82, 2.24) is 10.3 Å². The van der Waals surface area contributed by atoms with Crippen LogP contribution in [0.3, 0.4) is 0 Å². The fourth-order valence-corrected chi connectivity index (χ4v) is 3.86. The molecule has 1 aromatic heterocycles. The molecule has 1 amide bonds. The second-order valence-corrected chi connectivity index (χ2v) is 6.78. The van der Waals surface area contributed by atoms with E-state index in [1.807, 2.05) is 11.8 Å². The normalized spacial score (nSPS) is 22.5. The van der Waals surface area contributed by atoms with E-state index in [1.54, 1.807) is 12.1 Å². The average molecular weight is 319 g/mol. The smallest absolute Gasteiger partial charge is 0.271 e. The van der Waals surface area contributed by atoms with Crippen LogP contribution in [0.25, 0.3) is 0 Å². The molecule has 1 aliphatic rings. The highest BCUT2D eigenvalue weighted by molar-refractivity contribution is 7.99. The average Bonchev–Trinajstić information content (AvgIpc) is 2.80. The standard InChI is InChI=1S/C13H16Cl2N2OS/c1-2-19-10-5-3-4-9(10)16-13(18)12-8(14)6-7-11(15)17-12/h6-7,9-10H,2-5H2,1H3,(H,16,18). The van der Waals surface area contributed by atoms with Gasteiger partial charge in [-0.3, -0.25) is 4.79 Å². The molecular formula is C13H16Cl2N2OS. The van der Waals surface area contributed by atoms with Crippen LogP contribution in [-0.2, 0) is 0 Å². The maximum Gasteiger partial charge on any atom is 0.271 e. The Labute approximate surface area is 127 Å². The first-order chi connectivity index (χ1) is 9.11. The Morgan fingerprint density at radius 3 is 3.00 bits per heavy atom. The molecule has 1 N–H and O–H groups in total. The van der Waals surface area contributed by atoms with Crippen molar-refractivity contribution in [2.45, 2.75) is 37.5 Å². The van der Waals surface area contributed by atoms with Crippen LogP contribution in [0.15, 0.2) is 12.1 Å². The quantitative estimate of drug-likeness (QED) is 0.859. The van der Waals surface area contributed by atoms with Crippen molar-refractivity contribution in [3.05, 3.63) is 28.0 Å². The molecule has 2 atom stereocenters. The number of aromatic nitrogens is 1. The summed E-state index contributed by atoms with van der Waals surface area (Å²) in [7, 11) is 0. The number of hydrogen-bond acceptors (Lipinski definition) is 3. The zero-order valence-electron chi connectivity index (χ0n) is 10.7. The molecule has 6 heteroatoms. The van der Waals surface area contributed by atoms with Crippen LogP contribution in [0.1, 0.15) is 36.7 Å². The van der Waals surface area contributed by atoms with Crippen molar-refractivity contribution in [2.75, 3.05) is 5.75 Å². The van der Waals surface area contributed by atoms with E-state index in [0.29, 0.717) is 10.3 Å². The van der Waals surface area contributed by atoms with E-state index < -0.39 is 0 Å². The van der Waals surface area contributed by atoms with Gasteiger partial charge in [0.2, 0.25) is 0 Å². The maximum absolute atomic E-state index is 12.2. The van der Waals surface area contributed by atoms with Crippen LogP contribution in [-0.4, -0.2) is 27.9 Å². The van der Waals surface area contributed by atoms with E-state index in [2.05, 4.69) is 17.2 Å². The highest BCUT2D eigenvalue weighted by atomic mass is 35.5. The molecule has 0 saturated heterocycles. The minimum atomic E-state index is -0.235. The fraction of sp³-hybridized carbons (Fsp3) is 0.538. The number of carbonyl (C=O) groups is 1. The van der Waals surface area contributed by atoms with E-state index in [1.165, 1.54) is 0 Å². The first kappa shape index (κ1) is 14.9. The minimum Gasteiger partial charge on any atom is -0.347 e. The molecule has 3 nitrogen and oxygen atoms in total. The van der Waals surface area contributed by atoms with E-state index in [9.17, 15) is 4.79 Å². The van der Waals surface area contributed by atoms with E-state index >= 15 is 0 Å². The van der Waals surface area contributed by atoms with E-state index in [-0.39, 0.29) is 22.8 Å². The topological polar surface area (TPSA) is 42.0 Å². The van der Waals surface area contributed by atoms with Crippen LogP contribution < -0.4 is 5.32 Å². The molecular weight excluding hydrogens is 303 g/mol. The molecule has 19 heavy (non-hydrogen) atoms. The molecule has 0 aromatic carbocycles. The molecule has 0 bridgehead atoms. The summed E-state index contributed by atoms with van der Waals surface area (Å²) in [5, 5.41) is 4.14. The largest absolute Gasteiger partial charge is 0.347 e. The van der Waals surface area contributed by atoms with Gasteiger partial charge in [-0.25, -0.2) is 4.98 Å². The molecule has 1 aliphatic carbocycles. The maximum atomic E-state index is 12.2. The molecule has 2 rings (SSSR count). The molecule has 2 unspecified atom stereocenters. The number of pyridine rings is 1. The molecule has 1 aromatic rings. The van der Waals surface area contributed by atoms with Crippen LogP contribution >= 0.6 is 35.0 Å². The lowest BCUT2D eigenvalue weighted by Gasteiger charge is -2.20. The van der Waals surface area contributed by atoms with Crippen LogP contribution in [0.2, 0.25) is 10.2 Å². The van der Waals surface area contributed by atoms with Gasteiger partial charge in [0.1, 0.15) is 10.8 Å². The lowest BCUT2D eigenvalue weighted by molar-refractivity contribution is 0.0934. The van der Waals surface area contributed by atoms with Crippen molar-refractivity contribution >= 4 is 40.9 Å². The highest BCUT2D eigenvalue weighted by Crippen LogP contribution is 2.30. The second kappa shape index (κ2) is 6.82. The number of thioether (sulfide) groups is 1. The Kier molecular flexibility index (Phi) is 5.37. The van der Waals surface area contributed by atoms with Gasteiger partial charge in [0.15, 0.2) is 0 Å². The van der Waals surface area contributed by atoms with E-state index in [4.69, 9.17) is 23.2 Å². The van der Waals surface area contributed by atoms with Gasteiger partial charge in [0.25, 0.3) is 5.91 Å². The van der Waals surface area contributed by atoms with Gasteiger partial charge in [-0.15, -0.1) is 0 Å². The number of halogens is 2. The second-order valence-electron chi connectivity index (χ2n) is 4.47. The number of nitrogens with zero attached hydrogens (tertiary/aromatic N) is 1. The van der Waals surface area contributed by atoms with Gasteiger partial charge in [0.05, 0.1) is 5.02 Å². The third-order valence-corrected chi connectivity index (χ3v) is 5.02. The predicted octanol–water partition coefficient (Wildman–Crippen LogP) is 3.79.